The number of anilines is 1. The number of fused-ring (bicyclic) bond motifs is 1. The van der Waals surface area contributed by atoms with Crippen molar-refractivity contribution in [3.8, 4) is 5.75 Å². The SMILES string of the molecule is CC(C)c1ccc(NC(=O)COc2cccc3c2CCC[C@@H]3O)cc1. The second-order valence-electron chi connectivity index (χ2n) is 6.85. The average Bonchev–Trinajstić information content (AvgIpc) is 2.61. The largest absolute Gasteiger partial charge is 0.483 e. The molecule has 0 fully saturated rings. The summed E-state index contributed by atoms with van der Waals surface area (Å²) in [7, 11) is 0. The Bertz CT molecular complexity index is 737. The number of hydrogen-bond donors (Lipinski definition) is 2. The zero-order valence-electron chi connectivity index (χ0n) is 14.8. The lowest BCUT2D eigenvalue weighted by atomic mass is 9.89. The number of carbonyl (C=O) groups excluding carboxylic acids is 1. The Labute approximate surface area is 148 Å². The van der Waals surface area contributed by atoms with Gasteiger partial charge in [0.25, 0.3) is 5.91 Å². The number of benzene rings is 2. The van der Waals surface area contributed by atoms with Crippen molar-refractivity contribution in [1.29, 1.82) is 0 Å². The highest BCUT2D eigenvalue weighted by atomic mass is 16.5. The molecule has 2 aromatic rings. The van der Waals surface area contributed by atoms with Gasteiger partial charge in [-0.2, -0.15) is 0 Å². The highest BCUT2D eigenvalue weighted by molar-refractivity contribution is 5.91. The molecular weight excluding hydrogens is 314 g/mol. The summed E-state index contributed by atoms with van der Waals surface area (Å²) in [6.45, 7) is 4.23. The molecule has 0 unspecified atom stereocenters. The van der Waals surface area contributed by atoms with Crippen LogP contribution in [0.1, 0.15) is 55.4 Å². The lowest BCUT2D eigenvalue weighted by molar-refractivity contribution is -0.118. The summed E-state index contributed by atoms with van der Waals surface area (Å²) in [5.41, 5.74) is 3.95. The van der Waals surface area contributed by atoms with Crippen molar-refractivity contribution in [1.82, 2.24) is 0 Å². The first-order valence-electron chi connectivity index (χ1n) is 8.87. The summed E-state index contributed by atoms with van der Waals surface area (Å²) in [6, 6.07) is 13.5. The first-order chi connectivity index (χ1) is 12.0. The molecule has 2 N–H and O–H groups in total. The number of rotatable bonds is 5. The second kappa shape index (κ2) is 7.70. The zero-order valence-corrected chi connectivity index (χ0v) is 14.8. The third-order valence-corrected chi connectivity index (χ3v) is 4.65. The molecule has 0 aliphatic heterocycles. The van der Waals surface area contributed by atoms with Crippen LogP contribution in [0.3, 0.4) is 0 Å². The first-order valence-corrected chi connectivity index (χ1v) is 8.87. The molecule has 4 heteroatoms. The standard InChI is InChI=1S/C21H25NO3/c1-14(2)15-9-11-16(12-10-15)22-21(24)13-25-20-8-4-5-17-18(20)6-3-7-19(17)23/h4-5,8-12,14,19,23H,3,6-7,13H2,1-2H3,(H,22,24)/t19-/m0/s1. The van der Waals surface area contributed by atoms with Crippen LogP contribution in [0.5, 0.6) is 5.75 Å². The van der Waals surface area contributed by atoms with E-state index in [0.29, 0.717) is 11.7 Å². The van der Waals surface area contributed by atoms with Gasteiger partial charge in [-0.05, 0) is 60.1 Å². The van der Waals surface area contributed by atoms with E-state index >= 15 is 0 Å². The molecule has 1 aliphatic rings. The minimum atomic E-state index is -0.430. The van der Waals surface area contributed by atoms with Crippen molar-refractivity contribution in [2.45, 2.75) is 45.1 Å². The summed E-state index contributed by atoms with van der Waals surface area (Å²) < 4.78 is 5.73. The van der Waals surface area contributed by atoms with Gasteiger partial charge >= 0.3 is 0 Å². The Balaban J connectivity index is 1.60. The molecule has 0 radical (unpaired) electrons. The molecule has 0 heterocycles. The van der Waals surface area contributed by atoms with E-state index in [1.165, 1.54) is 5.56 Å². The number of amides is 1. The Morgan fingerprint density at radius 1 is 1.24 bits per heavy atom. The van der Waals surface area contributed by atoms with E-state index < -0.39 is 6.10 Å². The van der Waals surface area contributed by atoms with Gasteiger partial charge in [-0.25, -0.2) is 0 Å². The number of aliphatic hydroxyl groups is 1. The Hall–Kier alpha value is -2.33. The molecule has 132 valence electrons. The molecule has 2 aromatic carbocycles. The topological polar surface area (TPSA) is 58.6 Å². The fourth-order valence-electron chi connectivity index (χ4n) is 3.22. The van der Waals surface area contributed by atoms with Crippen LogP contribution in [-0.2, 0) is 11.2 Å². The van der Waals surface area contributed by atoms with Gasteiger partial charge in [-0.3, -0.25) is 4.79 Å². The molecule has 1 aliphatic carbocycles. The van der Waals surface area contributed by atoms with Crippen molar-refractivity contribution >= 4 is 11.6 Å². The summed E-state index contributed by atoms with van der Waals surface area (Å²) in [4.78, 5) is 12.2. The van der Waals surface area contributed by atoms with Gasteiger partial charge in [-0.1, -0.05) is 38.1 Å². The second-order valence-corrected chi connectivity index (χ2v) is 6.85. The van der Waals surface area contributed by atoms with Gasteiger partial charge < -0.3 is 15.2 Å². The molecule has 1 amide bonds. The monoisotopic (exact) mass is 339 g/mol. The quantitative estimate of drug-likeness (QED) is 0.858. The normalized spacial score (nSPS) is 16.4. The van der Waals surface area contributed by atoms with E-state index in [1.54, 1.807) is 0 Å². The predicted octanol–water partition coefficient (Wildman–Crippen LogP) is 4.20. The van der Waals surface area contributed by atoms with Crippen molar-refractivity contribution in [3.63, 3.8) is 0 Å². The maximum absolute atomic E-state index is 12.2. The van der Waals surface area contributed by atoms with Crippen LogP contribution >= 0.6 is 0 Å². The lowest BCUT2D eigenvalue weighted by Gasteiger charge is -2.23. The predicted molar refractivity (Wildman–Crippen MR) is 99.0 cm³/mol. The van der Waals surface area contributed by atoms with Gasteiger partial charge in [0.15, 0.2) is 6.61 Å². The van der Waals surface area contributed by atoms with E-state index in [2.05, 4.69) is 19.2 Å². The van der Waals surface area contributed by atoms with Crippen LogP contribution in [0.2, 0.25) is 0 Å². The number of aliphatic hydroxyl groups excluding tert-OH is 1. The zero-order chi connectivity index (χ0) is 17.8. The smallest absolute Gasteiger partial charge is 0.262 e. The maximum atomic E-state index is 12.2. The number of nitrogens with one attached hydrogen (secondary N) is 1. The average molecular weight is 339 g/mol. The van der Waals surface area contributed by atoms with Crippen LogP contribution < -0.4 is 10.1 Å². The van der Waals surface area contributed by atoms with E-state index in [4.69, 9.17) is 4.74 Å². The van der Waals surface area contributed by atoms with Crippen molar-refractivity contribution < 1.29 is 14.6 Å². The molecule has 25 heavy (non-hydrogen) atoms. The molecule has 0 bridgehead atoms. The molecule has 1 atom stereocenters. The van der Waals surface area contributed by atoms with Crippen LogP contribution in [0.15, 0.2) is 42.5 Å². The lowest BCUT2D eigenvalue weighted by Crippen LogP contribution is -2.21. The number of carbonyl (C=O) groups is 1. The summed E-state index contributed by atoms with van der Waals surface area (Å²) in [5.74, 6) is 0.973. The molecule has 0 aromatic heterocycles. The first kappa shape index (κ1) is 17.5. The highest BCUT2D eigenvalue weighted by Gasteiger charge is 2.21. The Kier molecular flexibility index (Phi) is 5.39. The van der Waals surface area contributed by atoms with E-state index in [-0.39, 0.29) is 12.5 Å². The van der Waals surface area contributed by atoms with Crippen LogP contribution in [-0.4, -0.2) is 17.6 Å². The van der Waals surface area contributed by atoms with Gasteiger partial charge in [0.2, 0.25) is 0 Å². The van der Waals surface area contributed by atoms with Crippen LogP contribution in [0.25, 0.3) is 0 Å². The fraction of sp³-hybridized carbons (Fsp3) is 0.381. The van der Waals surface area contributed by atoms with Crippen molar-refractivity contribution in [2.75, 3.05) is 11.9 Å². The molecule has 4 nitrogen and oxygen atoms in total. The Morgan fingerprint density at radius 2 is 2.00 bits per heavy atom. The Morgan fingerprint density at radius 3 is 2.72 bits per heavy atom. The third kappa shape index (κ3) is 4.20. The molecule has 0 saturated carbocycles. The van der Waals surface area contributed by atoms with Gasteiger partial charge in [0.05, 0.1) is 6.10 Å². The fourth-order valence-corrected chi connectivity index (χ4v) is 3.22. The summed E-state index contributed by atoms with van der Waals surface area (Å²) in [5, 5.41) is 12.9. The van der Waals surface area contributed by atoms with E-state index in [1.807, 2.05) is 42.5 Å². The van der Waals surface area contributed by atoms with Crippen LogP contribution in [0, 0.1) is 0 Å². The van der Waals surface area contributed by atoms with Gasteiger partial charge in [0, 0.05) is 5.69 Å². The number of hydrogen-bond acceptors (Lipinski definition) is 3. The maximum Gasteiger partial charge on any atom is 0.262 e. The number of ether oxygens (including phenoxy) is 1. The molecular formula is C21H25NO3. The summed E-state index contributed by atoms with van der Waals surface area (Å²) >= 11 is 0. The van der Waals surface area contributed by atoms with Gasteiger partial charge in [0.1, 0.15) is 5.75 Å². The van der Waals surface area contributed by atoms with Gasteiger partial charge in [-0.15, -0.1) is 0 Å². The van der Waals surface area contributed by atoms with Crippen molar-refractivity contribution in [2.24, 2.45) is 0 Å². The molecule has 0 saturated heterocycles. The third-order valence-electron chi connectivity index (χ3n) is 4.65. The minimum Gasteiger partial charge on any atom is -0.483 e. The minimum absolute atomic E-state index is 0.0432. The van der Waals surface area contributed by atoms with Crippen molar-refractivity contribution in [3.05, 3.63) is 59.2 Å². The molecule has 3 rings (SSSR count). The van der Waals surface area contributed by atoms with E-state index in [0.717, 1.165) is 36.1 Å². The highest BCUT2D eigenvalue weighted by Crippen LogP contribution is 2.35. The van der Waals surface area contributed by atoms with Crippen LogP contribution in [0.4, 0.5) is 5.69 Å². The summed E-state index contributed by atoms with van der Waals surface area (Å²) in [6.07, 6.45) is 2.16. The molecule has 0 spiro atoms. The van der Waals surface area contributed by atoms with E-state index in [9.17, 15) is 9.90 Å².